The van der Waals surface area contributed by atoms with Crippen LogP contribution in [0.3, 0.4) is 0 Å². The average Bonchev–Trinajstić information content (AvgIpc) is 3.09. The smallest absolute Gasteiger partial charge is 0.258 e. The number of hydrogen-bond donors (Lipinski definition) is 1. The van der Waals surface area contributed by atoms with Gasteiger partial charge in [0.25, 0.3) is 5.56 Å². The Morgan fingerprint density at radius 2 is 2.16 bits per heavy atom. The van der Waals surface area contributed by atoms with Crippen LogP contribution in [0, 0.1) is 0 Å². The number of ether oxygens (including phenoxy) is 2. The van der Waals surface area contributed by atoms with E-state index < -0.39 is 0 Å². The standard InChI is InChI=1S/C16H14N4O3S2/c17-15(18-10-1-2-12-13(7-10)23-5-4-22-12)25-9-11-8-14(21)20-3-6-24-16(20)19-11/h1-3,6-8H,4-5,9H2,(H2,17,18). The predicted octanol–water partition coefficient (Wildman–Crippen LogP) is 2.41. The first-order valence-corrected chi connectivity index (χ1v) is 9.38. The number of amidine groups is 1. The highest BCUT2D eigenvalue weighted by molar-refractivity contribution is 8.13. The Kier molecular flexibility index (Phi) is 4.33. The number of nitrogens with two attached hydrogens (primary N) is 1. The fourth-order valence-corrected chi connectivity index (χ4v) is 3.72. The Morgan fingerprint density at radius 1 is 1.32 bits per heavy atom. The molecule has 0 atom stereocenters. The van der Waals surface area contributed by atoms with Crippen molar-refractivity contribution in [2.45, 2.75) is 5.75 Å². The molecule has 2 aromatic heterocycles. The minimum absolute atomic E-state index is 0.0933. The molecule has 0 fully saturated rings. The summed E-state index contributed by atoms with van der Waals surface area (Å²) in [6.45, 7) is 1.08. The summed E-state index contributed by atoms with van der Waals surface area (Å²) in [5.74, 6) is 1.86. The summed E-state index contributed by atoms with van der Waals surface area (Å²) in [6, 6.07) is 6.95. The van der Waals surface area contributed by atoms with Gasteiger partial charge in [0.1, 0.15) is 13.2 Å². The highest BCUT2D eigenvalue weighted by Crippen LogP contribution is 2.33. The third kappa shape index (κ3) is 3.47. The number of rotatable bonds is 3. The Bertz CT molecular complexity index is 1010. The van der Waals surface area contributed by atoms with Gasteiger partial charge >= 0.3 is 0 Å². The molecule has 1 aliphatic heterocycles. The van der Waals surface area contributed by atoms with Gasteiger partial charge in [-0.25, -0.2) is 9.98 Å². The molecule has 1 aromatic carbocycles. The molecule has 4 rings (SSSR count). The van der Waals surface area contributed by atoms with Crippen LogP contribution in [0.15, 0.2) is 45.6 Å². The second-order valence-corrected chi connectivity index (χ2v) is 7.08. The second-order valence-electron chi connectivity index (χ2n) is 5.21. The number of thioether (sulfide) groups is 1. The zero-order chi connectivity index (χ0) is 17.2. The maximum atomic E-state index is 12.0. The topological polar surface area (TPSA) is 91.2 Å². The van der Waals surface area contributed by atoms with Crippen molar-refractivity contribution in [3.8, 4) is 11.5 Å². The van der Waals surface area contributed by atoms with E-state index in [0.29, 0.717) is 52.0 Å². The van der Waals surface area contributed by atoms with Crippen LogP contribution in [-0.4, -0.2) is 27.8 Å². The van der Waals surface area contributed by atoms with Gasteiger partial charge in [0.2, 0.25) is 0 Å². The number of nitrogens with zero attached hydrogens (tertiary/aromatic N) is 3. The van der Waals surface area contributed by atoms with Crippen molar-refractivity contribution in [2.75, 3.05) is 13.2 Å². The molecule has 3 heterocycles. The van der Waals surface area contributed by atoms with Crippen molar-refractivity contribution in [2.24, 2.45) is 10.7 Å². The van der Waals surface area contributed by atoms with Gasteiger partial charge in [-0.05, 0) is 12.1 Å². The number of aromatic nitrogens is 2. The van der Waals surface area contributed by atoms with E-state index >= 15 is 0 Å². The third-order valence-corrected chi connectivity index (χ3v) is 5.07. The fraction of sp³-hybridized carbons (Fsp3) is 0.188. The van der Waals surface area contributed by atoms with Crippen molar-refractivity contribution in [3.05, 3.63) is 51.9 Å². The first kappa shape index (κ1) is 16.0. The Balaban J connectivity index is 1.48. The van der Waals surface area contributed by atoms with Crippen LogP contribution in [-0.2, 0) is 5.75 Å². The first-order valence-electron chi connectivity index (χ1n) is 7.51. The SMILES string of the molecule is NC(=Nc1ccc2c(c1)OCCO2)SCc1cc(=O)n2ccsc2n1. The Labute approximate surface area is 151 Å². The summed E-state index contributed by atoms with van der Waals surface area (Å²) in [4.78, 5) is 21.5. The summed E-state index contributed by atoms with van der Waals surface area (Å²) in [5, 5.41) is 2.23. The van der Waals surface area contributed by atoms with Gasteiger partial charge in [-0.3, -0.25) is 9.20 Å². The van der Waals surface area contributed by atoms with Gasteiger partial charge in [0, 0.05) is 29.5 Å². The lowest BCUT2D eigenvalue weighted by Crippen LogP contribution is -2.15. The first-order chi connectivity index (χ1) is 12.2. The van der Waals surface area contributed by atoms with Crippen molar-refractivity contribution in [1.82, 2.24) is 9.38 Å². The van der Waals surface area contributed by atoms with Crippen molar-refractivity contribution in [3.63, 3.8) is 0 Å². The summed E-state index contributed by atoms with van der Waals surface area (Å²) >= 11 is 2.75. The highest BCUT2D eigenvalue weighted by atomic mass is 32.2. The highest BCUT2D eigenvalue weighted by Gasteiger charge is 2.12. The van der Waals surface area contributed by atoms with E-state index in [0.717, 1.165) is 0 Å². The summed E-state index contributed by atoms with van der Waals surface area (Å²) in [5.41, 5.74) is 7.27. The van der Waals surface area contributed by atoms with Gasteiger partial charge in [-0.15, -0.1) is 11.3 Å². The normalized spacial score (nSPS) is 14.0. The van der Waals surface area contributed by atoms with Crippen molar-refractivity contribution < 1.29 is 9.47 Å². The van der Waals surface area contributed by atoms with E-state index in [9.17, 15) is 4.79 Å². The molecule has 0 saturated carbocycles. The molecule has 3 aromatic rings. The van der Waals surface area contributed by atoms with Crippen LogP contribution in [0.2, 0.25) is 0 Å². The van der Waals surface area contributed by atoms with E-state index in [4.69, 9.17) is 15.2 Å². The third-order valence-electron chi connectivity index (χ3n) is 3.49. The maximum absolute atomic E-state index is 12.0. The second kappa shape index (κ2) is 6.77. The number of benzene rings is 1. The minimum Gasteiger partial charge on any atom is -0.486 e. The van der Waals surface area contributed by atoms with Crippen LogP contribution in [0.25, 0.3) is 4.96 Å². The van der Waals surface area contributed by atoms with Crippen molar-refractivity contribution >= 4 is 38.9 Å². The zero-order valence-electron chi connectivity index (χ0n) is 13.0. The molecule has 1 aliphatic rings. The van der Waals surface area contributed by atoms with E-state index in [2.05, 4.69) is 9.98 Å². The minimum atomic E-state index is -0.0933. The average molecular weight is 374 g/mol. The number of aliphatic imine (C=N–C) groups is 1. The monoisotopic (exact) mass is 374 g/mol. The zero-order valence-corrected chi connectivity index (χ0v) is 14.7. The predicted molar refractivity (Wildman–Crippen MR) is 99.3 cm³/mol. The molecule has 0 saturated heterocycles. The summed E-state index contributed by atoms with van der Waals surface area (Å²) in [7, 11) is 0. The van der Waals surface area contributed by atoms with Gasteiger partial charge in [0.15, 0.2) is 21.6 Å². The van der Waals surface area contributed by atoms with E-state index in [1.807, 2.05) is 17.5 Å². The molecular formula is C16H14N4O3S2. The lowest BCUT2D eigenvalue weighted by atomic mass is 10.2. The van der Waals surface area contributed by atoms with Crippen LogP contribution < -0.4 is 20.8 Å². The Morgan fingerprint density at radius 3 is 3.04 bits per heavy atom. The van der Waals surface area contributed by atoms with Crippen LogP contribution >= 0.6 is 23.1 Å². The molecule has 0 spiro atoms. The summed E-state index contributed by atoms with van der Waals surface area (Å²) < 4.78 is 12.5. The summed E-state index contributed by atoms with van der Waals surface area (Å²) in [6.07, 6.45) is 1.71. The maximum Gasteiger partial charge on any atom is 0.258 e. The largest absolute Gasteiger partial charge is 0.486 e. The molecular weight excluding hydrogens is 360 g/mol. The molecule has 0 unspecified atom stereocenters. The molecule has 0 aliphatic carbocycles. The quantitative estimate of drug-likeness (QED) is 0.559. The van der Waals surface area contributed by atoms with Gasteiger partial charge in [0.05, 0.1) is 11.4 Å². The molecule has 0 amide bonds. The lowest BCUT2D eigenvalue weighted by molar-refractivity contribution is 0.171. The van der Waals surface area contributed by atoms with Gasteiger partial charge in [-0.2, -0.15) is 0 Å². The molecule has 0 bridgehead atoms. The van der Waals surface area contributed by atoms with Crippen LogP contribution in [0.4, 0.5) is 5.69 Å². The van der Waals surface area contributed by atoms with Crippen LogP contribution in [0.5, 0.6) is 11.5 Å². The van der Waals surface area contributed by atoms with E-state index in [1.54, 1.807) is 12.3 Å². The molecule has 9 heteroatoms. The Hall–Kier alpha value is -2.52. The van der Waals surface area contributed by atoms with Crippen molar-refractivity contribution in [1.29, 1.82) is 0 Å². The van der Waals surface area contributed by atoms with Gasteiger partial charge in [-0.1, -0.05) is 11.8 Å². The molecule has 2 N–H and O–H groups in total. The molecule has 0 radical (unpaired) electrons. The van der Waals surface area contributed by atoms with E-state index in [1.165, 1.54) is 33.6 Å². The number of thiazole rings is 1. The number of fused-ring (bicyclic) bond motifs is 2. The van der Waals surface area contributed by atoms with E-state index in [-0.39, 0.29) is 5.56 Å². The lowest BCUT2D eigenvalue weighted by Gasteiger charge is -2.18. The fourth-order valence-electron chi connectivity index (χ4n) is 2.37. The number of hydrogen-bond acceptors (Lipinski definition) is 7. The molecule has 25 heavy (non-hydrogen) atoms. The van der Waals surface area contributed by atoms with Crippen LogP contribution in [0.1, 0.15) is 5.69 Å². The molecule has 7 nitrogen and oxygen atoms in total. The van der Waals surface area contributed by atoms with Gasteiger partial charge < -0.3 is 15.2 Å². The molecule has 128 valence electrons.